The van der Waals surface area contributed by atoms with Crippen LogP contribution in [0.3, 0.4) is 0 Å². The van der Waals surface area contributed by atoms with E-state index in [9.17, 15) is 14.4 Å². The number of carbonyl (C=O) groups is 2. The van der Waals surface area contributed by atoms with Gasteiger partial charge in [0.2, 0.25) is 0 Å². The second-order valence-corrected chi connectivity index (χ2v) is 9.64. The minimum atomic E-state index is -0.538. The molecule has 8 heteroatoms. The van der Waals surface area contributed by atoms with Crippen LogP contribution in [0.5, 0.6) is 0 Å². The molecule has 2 N–H and O–H groups in total. The Kier molecular flexibility index (Phi) is 7.48. The molecule has 1 aliphatic carbocycles. The lowest BCUT2D eigenvalue weighted by Crippen LogP contribution is -2.27. The molecule has 0 fully saturated rings. The Morgan fingerprint density at radius 3 is 2.74 bits per heavy atom. The molecule has 3 aromatic rings. The Balaban J connectivity index is 1.62. The van der Waals surface area contributed by atoms with E-state index in [1.165, 1.54) is 17.4 Å². The van der Waals surface area contributed by atoms with Crippen molar-refractivity contribution in [1.29, 1.82) is 0 Å². The molecular formula is C26H30N2O5S. The first-order chi connectivity index (χ1) is 16.4. The summed E-state index contributed by atoms with van der Waals surface area (Å²) in [5, 5.41) is 6.77. The maximum absolute atomic E-state index is 13.1. The van der Waals surface area contributed by atoms with Gasteiger partial charge in [0.05, 0.1) is 10.9 Å². The summed E-state index contributed by atoms with van der Waals surface area (Å²) >= 11 is 1.44. The maximum Gasteiger partial charge on any atom is 0.292 e. The molecule has 0 spiro atoms. The topological polar surface area (TPSA) is 97.6 Å². The summed E-state index contributed by atoms with van der Waals surface area (Å²) in [6.45, 7) is 7.45. The van der Waals surface area contributed by atoms with Crippen LogP contribution in [0.25, 0.3) is 11.0 Å². The van der Waals surface area contributed by atoms with Crippen LogP contribution < -0.4 is 16.1 Å². The average Bonchev–Trinajstić information content (AvgIpc) is 3.19. The molecule has 180 valence electrons. The van der Waals surface area contributed by atoms with Gasteiger partial charge in [0.15, 0.2) is 11.2 Å². The van der Waals surface area contributed by atoms with Crippen molar-refractivity contribution in [2.75, 3.05) is 25.1 Å². The zero-order chi connectivity index (χ0) is 24.2. The van der Waals surface area contributed by atoms with Crippen molar-refractivity contribution in [3.63, 3.8) is 0 Å². The van der Waals surface area contributed by atoms with Crippen molar-refractivity contribution in [2.45, 2.75) is 52.9 Å². The number of nitrogens with one attached hydrogen (secondary N) is 2. The van der Waals surface area contributed by atoms with Gasteiger partial charge in [-0.2, -0.15) is 0 Å². The van der Waals surface area contributed by atoms with Gasteiger partial charge >= 0.3 is 0 Å². The molecule has 1 aromatic carbocycles. The summed E-state index contributed by atoms with van der Waals surface area (Å²) in [5.74, 6) is -0.804. The summed E-state index contributed by atoms with van der Waals surface area (Å²) in [6.07, 6.45) is 4.50. The molecular weight excluding hydrogens is 452 g/mol. The Hall–Kier alpha value is -2.97. The molecule has 1 aliphatic rings. The minimum Gasteiger partial charge on any atom is -0.450 e. The Bertz CT molecular complexity index is 1290. The lowest BCUT2D eigenvalue weighted by Gasteiger charge is -2.13. The molecule has 2 amide bonds. The third kappa shape index (κ3) is 4.93. The van der Waals surface area contributed by atoms with Crippen molar-refractivity contribution < 1.29 is 18.7 Å². The van der Waals surface area contributed by atoms with Crippen LogP contribution in [0.2, 0.25) is 0 Å². The van der Waals surface area contributed by atoms with E-state index in [1.54, 1.807) is 6.07 Å². The van der Waals surface area contributed by atoms with Crippen molar-refractivity contribution in [3.05, 3.63) is 61.3 Å². The van der Waals surface area contributed by atoms with E-state index < -0.39 is 5.91 Å². The van der Waals surface area contributed by atoms with Crippen molar-refractivity contribution in [3.8, 4) is 0 Å². The first kappa shape index (κ1) is 24.2. The molecule has 2 aromatic heterocycles. The Labute approximate surface area is 202 Å². The van der Waals surface area contributed by atoms with E-state index in [1.807, 2.05) is 26.8 Å². The van der Waals surface area contributed by atoms with Crippen LogP contribution in [-0.2, 0) is 17.6 Å². The highest BCUT2D eigenvalue weighted by atomic mass is 32.1. The molecule has 0 atom stereocenters. The van der Waals surface area contributed by atoms with Gasteiger partial charge in [-0.3, -0.25) is 14.4 Å². The lowest BCUT2D eigenvalue weighted by molar-refractivity contribution is 0.0944. The second kappa shape index (κ2) is 10.5. The van der Waals surface area contributed by atoms with Crippen LogP contribution in [-0.4, -0.2) is 31.6 Å². The van der Waals surface area contributed by atoms with Gasteiger partial charge in [-0.1, -0.05) is 6.07 Å². The quantitative estimate of drug-likeness (QED) is 0.451. The van der Waals surface area contributed by atoms with E-state index in [4.69, 9.17) is 9.15 Å². The summed E-state index contributed by atoms with van der Waals surface area (Å²) < 4.78 is 11.2. The molecule has 7 nitrogen and oxygen atoms in total. The molecule has 0 bridgehead atoms. The SMILES string of the molecule is CCOCCCNC(=O)c1c(NC(=O)c2cc(=O)c3ccc(C)c(C)c3o2)sc2c1CCCC2. The second-order valence-electron chi connectivity index (χ2n) is 8.53. The number of hydrogen-bond acceptors (Lipinski definition) is 6. The van der Waals surface area contributed by atoms with Crippen molar-refractivity contribution >= 4 is 39.1 Å². The monoisotopic (exact) mass is 482 g/mol. The van der Waals surface area contributed by atoms with E-state index in [0.717, 1.165) is 47.3 Å². The zero-order valence-electron chi connectivity index (χ0n) is 19.8. The fourth-order valence-corrected chi connectivity index (χ4v) is 5.51. The average molecular weight is 483 g/mol. The third-order valence-corrected chi connectivity index (χ3v) is 7.43. The van der Waals surface area contributed by atoms with Gasteiger partial charge in [-0.25, -0.2) is 0 Å². The van der Waals surface area contributed by atoms with Crippen LogP contribution in [0.15, 0.2) is 27.4 Å². The molecule has 34 heavy (non-hydrogen) atoms. The predicted molar refractivity (Wildman–Crippen MR) is 134 cm³/mol. The smallest absolute Gasteiger partial charge is 0.292 e. The van der Waals surface area contributed by atoms with Crippen LogP contribution in [0, 0.1) is 13.8 Å². The van der Waals surface area contributed by atoms with E-state index in [2.05, 4.69) is 10.6 Å². The highest BCUT2D eigenvalue weighted by molar-refractivity contribution is 7.17. The summed E-state index contributed by atoms with van der Waals surface area (Å²) in [7, 11) is 0. The number of fused-ring (bicyclic) bond motifs is 2. The first-order valence-electron chi connectivity index (χ1n) is 11.8. The fourth-order valence-electron chi connectivity index (χ4n) is 4.23. The van der Waals surface area contributed by atoms with Gasteiger partial charge in [0, 0.05) is 30.7 Å². The minimum absolute atomic E-state index is 0.0688. The first-order valence-corrected chi connectivity index (χ1v) is 12.6. The van der Waals surface area contributed by atoms with Gasteiger partial charge < -0.3 is 19.8 Å². The van der Waals surface area contributed by atoms with Crippen molar-refractivity contribution in [2.24, 2.45) is 0 Å². The normalized spacial score (nSPS) is 13.0. The standard InChI is InChI=1S/C26H30N2O5S/c1-4-32-13-7-12-27-25(31)22-18-8-5-6-9-21(18)34-26(22)28-24(30)20-14-19(29)17-11-10-15(2)16(3)23(17)33-20/h10-11,14H,4-9,12-13H2,1-3H3,(H,27,31)(H,28,30). The Morgan fingerprint density at radius 2 is 1.94 bits per heavy atom. The van der Waals surface area contributed by atoms with E-state index in [0.29, 0.717) is 47.7 Å². The number of hydrogen-bond donors (Lipinski definition) is 2. The molecule has 0 saturated heterocycles. The number of thiophene rings is 1. The largest absolute Gasteiger partial charge is 0.450 e. The van der Waals surface area contributed by atoms with Gasteiger partial charge in [-0.15, -0.1) is 11.3 Å². The third-order valence-electron chi connectivity index (χ3n) is 6.22. The molecule has 0 radical (unpaired) electrons. The van der Waals surface area contributed by atoms with Crippen LogP contribution in [0.1, 0.15) is 68.7 Å². The Morgan fingerprint density at radius 1 is 1.15 bits per heavy atom. The van der Waals surface area contributed by atoms with E-state index in [-0.39, 0.29) is 17.1 Å². The van der Waals surface area contributed by atoms with Crippen molar-refractivity contribution in [1.82, 2.24) is 5.32 Å². The van der Waals surface area contributed by atoms with Gasteiger partial charge in [0.25, 0.3) is 11.8 Å². The molecule has 2 heterocycles. The van der Waals surface area contributed by atoms with Crippen LogP contribution >= 0.6 is 11.3 Å². The summed E-state index contributed by atoms with van der Waals surface area (Å²) in [6, 6.07) is 4.80. The van der Waals surface area contributed by atoms with Gasteiger partial charge in [0.1, 0.15) is 10.6 Å². The molecule has 0 unspecified atom stereocenters. The number of benzene rings is 1. The molecule has 0 saturated carbocycles. The number of aryl methyl sites for hydroxylation is 3. The summed E-state index contributed by atoms with van der Waals surface area (Å²) in [5.41, 5.74) is 3.48. The lowest BCUT2D eigenvalue weighted by atomic mass is 9.95. The summed E-state index contributed by atoms with van der Waals surface area (Å²) in [4.78, 5) is 40.0. The molecule has 4 rings (SSSR count). The van der Waals surface area contributed by atoms with Gasteiger partial charge in [-0.05, 0) is 75.6 Å². The van der Waals surface area contributed by atoms with E-state index >= 15 is 0 Å². The highest BCUT2D eigenvalue weighted by Gasteiger charge is 2.27. The number of ether oxygens (including phenoxy) is 1. The zero-order valence-corrected chi connectivity index (χ0v) is 20.7. The van der Waals surface area contributed by atoms with Crippen LogP contribution in [0.4, 0.5) is 5.00 Å². The highest BCUT2D eigenvalue weighted by Crippen LogP contribution is 2.38. The number of rotatable bonds is 8. The number of anilines is 1. The maximum atomic E-state index is 13.1. The number of amides is 2. The predicted octanol–water partition coefficient (Wildman–Crippen LogP) is 4.76. The fraction of sp³-hybridized carbons (Fsp3) is 0.423. The molecule has 0 aliphatic heterocycles. The number of carbonyl (C=O) groups excluding carboxylic acids is 2.